The van der Waals surface area contributed by atoms with Crippen molar-refractivity contribution in [1.82, 2.24) is 15.5 Å². The molecule has 0 fully saturated rings. The zero-order valence-corrected chi connectivity index (χ0v) is 18.9. The van der Waals surface area contributed by atoms with Crippen molar-refractivity contribution < 1.29 is 32.5 Å². The molecular weight excluding hydrogens is 477 g/mol. The van der Waals surface area contributed by atoms with Crippen LogP contribution in [0.5, 0.6) is 11.5 Å². The molecule has 184 valence electrons. The Labute approximate surface area is 199 Å². The second-order valence-corrected chi connectivity index (χ2v) is 7.77. The molecule has 2 aromatic rings. The summed E-state index contributed by atoms with van der Waals surface area (Å²) in [5.74, 6) is -0.743. The van der Waals surface area contributed by atoms with Gasteiger partial charge in [-0.3, -0.25) is 10.1 Å². The van der Waals surface area contributed by atoms with Gasteiger partial charge >= 0.3 is 6.36 Å². The van der Waals surface area contributed by atoms with E-state index in [0.717, 1.165) is 17.7 Å². The Morgan fingerprint density at radius 3 is 2.56 bits per heavy atom. The maximum Gasteiger partial charge on any atom is 0.573 e. The molecule has 0 aliphatic carbocycles. The van der Waals surface area contributed by atoms with Gasteiger partial charge in [-0.1, -0.05) is 29.8 Å². The van der Waals surface area contributed by atoms with E-state index in [0.29, 0.717) is 11.4 Å². The van der Waals surface area contributed by atoms with Gasteiger partial charge < -0.3 is 24.8 Å². The number of carbonyl (C=O) groups excluding carboxylic acids is 1. The zero-order chi connectivity index (χ0) is 24.7. The number of likely N-dealkylation sites (N-methyl/N-ethyl adjacent to an activating group) is 1. The Balaban J connectivity index is 1.87. The van der Waals surface area contributed by atoms with Crippen molar-refractivity contribution in [3.8, 4) is 11.5 Å². The Bertz CT molecular complexity index is 1000. The Morgan fingerprint density at radius 2 is 1.91 bits per heavy atom. The van der Waals surface area contributed by atoms with Gasteiger partial charge in [0, 0.05) is 30.8 Å². The number of benzene rings is 2. The van der Waals surface area contributed by atoms with E-state index in [2.05, 4.69) is 20.4 Å². The maximum absolute atomic E-state index is 13.0. The molecule has 0 bridgehead atoms. The van der Waals surface area contributed by atoms with Crippen LogP contribution >= 0.6 is 11.6 Å². The lowest BCUT2D eigenvalue weighted by atomic mass is 10.1. The van der Waals surface area contributed by atoms with Crippen LogP contribution in [0.2, 0.25) is 5.02 Å². The lowest BCUT2D eigenvalue weighted by molar-refractivity contribution is -0.274. The van der Waals surface area contributed by atoms with E-state index in [9.17, 15) is 18.0 Å². The molecule has 12 heteroatoms. The standard InChI is InChI=1S/C22H24ClF3N4O4/c1-27-19-18(20(32)28-10-3-11-31)30(13-14-6-8-15(23)9-7-14)21(29-19)33-16-4-2-5-17(12-16)34-22(24,25)26/h2,4-9,12,18-19,27,31H,3,10-11,13H2,1H3,(H,28,32). The number of hydrogen-bond acceptors (Lipinski definition) is 7. The van der Waals surface area contributed by atoms with Crippen molar-refractivity contribution in [3.63, 3.8) is 0 Å². The number of aliphatic hydroxyl groups excluding tert-OH is 1. The minimum absolute atomic E-state index is 0.0424. The molecule has 3 rings (SSSR count). The summed E-state index contributed by atoms with van der Waals surface area (Å²) in [5.41, 5.74) is 0.805. The molecule has 2 aromatic carbocycles. The van der Waals surface area contributed by atoms with Crippen molar-refractivity contribution in [2.24, 2.45) is 4.99 Å². The van der Waals surface area contributed by atoms with Gasteiger partial charge in [0.2, 0.25) is 5.91 Å². The minimum atomic E-state index is -4.85. The number of rotatable bonds is 9. The lowest BCUT2D eigenvalue weighted by Crippen LogP contribution is -2.53. The highest BCUT2D eigenvalue weighted by Gasteiger charge is 2.42. The van der Waals surface area contributed by atoms with E-state index in [4.69, 9.17) is 21.4 Å². The molecule has 2 atom stereocenters. The molecular formula is C22H24ClF3N4O4. The summed E-state index contributed by atoms with van der Waals surface area (Å²) in [6, 6.07) is 11.2. The fourth-order valence-corrected chi connectivity index (χ4v) is 3.46. The van der Waals surface area contributed by atoms with E-state index in [-0.39, 0.29) is 37.4 Å². The molecule has 0 spiro atoms. The normalized spacial score (nSPS) is 17.9. The van der Waals surface area contributed by atoms with Crippen LogP contribution in [0.4, 0.5) is 13.2 Å². The first-order valence-electron chi connectivity index (χ1n) is 10.4. The number of carbonyl (C=O) groups is 1. The van der Waals surface area contributed by atoms with Crippen LogP contribution in [0, 0.1) is 0 Å². The van der Waals surface area contributed by atoms with Gasteiger partial charge in [-0.25, -0.2) is 4.99 Å². The fraction of sp³-hybridized carbons (Fsp3) is 0.364. The SMILES string of the molecule is CNC1N=C(Oc2cccc(OC(F)(F)F)c2)N(Cc2ccc(Cl)cc2)C1C(=O)NCCCO. The number of nitrogens with zero attached hydrogens (tertiary/aromatic N) is 2. The van der Waals surface area contributed by atoms with Crippen LogP contribution in [0.25, 0.3) is 0 Å². The molecule has 2 unspecified atom stereocenters. The zero-order valence-electron chi connectivity index (χ0n) is 18.2. The van der Waals surface area contributed by atoms with Crippen LogP contribution in [0.1, 0.15) is 12.0 Å². The average molecular weight is 501 g/mol. The molecule has 3 N–H and O–H groups in total. The molecule has 1 amide bonds. The molecule has 0 radical (unpaired) electrons. The molecule has 0 aromatic heterocycles. The van der Waals surface area contributed by atoms with Crippen LogP contribution in [0.15, 0.2) is 53.5 Å². The largest absolute Gasteiger partial charge is 0.573 e. The van der Waals surface area contributed by atoms with Crippen molar-refractivity contribution in [1.29, 1.82) is 0 Å². The second-order valence-electron chi connectivity index (χ2n) is 7.34. The number of aliphatic imine (C=N–C) groups is 1. The first-order chi connectivity index (χ1) is 16.2. The third-order valence-corrected chi connectivity index (χ3v) is 5.09. The quantitative estimate of drug-likeness (QED) is 0.458. The number of amidine groups is 1. The van der Waals surface area contributed by atoms with Gasteiger partial charge in [-0.15, -0.1) is 13.2 Å². The number of ether oxygens (including phenoxy) is 2. The van der Waals surface area contributed by atoms with Crippen molar-refractivity contribution in [3.05, 3.63) is 59.1 Å². The van der Waals surface area contributed by atoms with Crippen molar-refractivity contribution in [2.45, 2.75) is 31.5 Å². The van der Waals surface area contributed by atoms with E-state index < -0.39 is 24.3 Å². The van der Waals surface area contributed by atoms with Gasteiger partial charge in [0.05, 0.1) is 0 Å². The van der Waals surface area contributed by atoms with Crippen molar-refractivity contribution >= 4 is 23.5 Å². The van der Waals surface area contributed by atoms with Gasteiger partial charge in [-0.2, -0.15) is 0 Å². The Hall–Kier alpha value is -3.02. The van der Waals surface area contributed by atoms with Crippen LogP contribution in [-0.4, -0.2) is 60.7 Å². The molecule has 0 saturated heterocycles. The lowest BCUT2D eigenvalue weighted by Gasteiger charge is -2.28. The average Bonchev–Trinajstić information content (AvgIpc) is 3.11. The summed E-state index contributed by atoms with van der Waals surface area (Å²) >= 11 is 5.97. The first kappa shape index (κ1) is 25.6. The van der Waals surface area contributed by atoms with E-state index >= 15 is 0 Å². The third-order valence-electron chi connectivity index (χ3n) is 4.84. The van der Waals surface area contributed by atoms with Gasteiger partial charge in [-0.05, 0) is 43.3 Å². The number of halogens is 4. The van der Waals surface area contributed by atoms with E-state index in [1.807, 2.05) is 0 Å². The second kappa shape index (κ2) is 11.4. The van der Waals surface area contributed by atoms with Gasteiger partial charge in [0.15, 0.2) is 0 Å². The molecule has 0 saturated carbocycles. The molecule has 1 aliphatic heterocycles. The fourth-order valence-electron chi connectivity index (χ4n) is 3.33. The van der Waals surface area contributed by atoms with E-state index in [1.165, 1.54) is 12.1 Å². The predicted octanol–water partition coefficient (Wildman–Crippen LogP) is 2.90. The highest BCUT2D eigenvalue weighted by atomic mass is 35.5. The predicted molar refractivity (Wildman–Crippen MR) is 120 cm³/mol. The first-order valence-corrected chi connectivity index (χ1v) is 10.8. The summed E-state index contributed by atoms with van der Waals surface area (Å²) < 4.78 is 47.6. The van der Waals surface area contributed by atoms with E-state index in [1.54, 1.807) is 36.2 Å². The molecule has 1 heterocycles. The monoisotopic (exact) mass is 500 g/mol. The maximum atomic E-state index is 13.0. The molecule has 1 aliphatic rings. The van der Waals surface area contributed by atoms with Crippen LogP contribution in [0.3, 0.4) is 0 Å². The number of amides is 1. The molecule has 34 heavy (non-hydrogen) atoms. The Kier molecular flexibility index (Phi) is 8.59. The summed E-state index contributed by atoms with van der Waals surface area (Å²) in [6.45, 7) is 0.408. The topological polar surface area (TPSA) is 95.4 Å². The Morgan fingerprint density at radius 1 is 1.21 bits per heavy atom. The number of alkyl halides is 3. The summed E-state index contributed by atoms with van der Waals surface area (Å²) in [4.78, 5) is 19.0. The van der Waals surface area contributed by atoms with Crippen LogP contribution < -0.4 is 20.1 Å². The summed E-state index contributed by atoms with van der Waals surface area (Å²) in [6.07, 6.45) is -5.15. The third kappa shape index (κ3) is 6.99. The number of aliphatic hydroxyl groups is 1. The van der Waals surface area contributed by atoms with Gasteiger partial charge in [0.1, 0.15) is 23.7 Å². The smallest absolute Gasteiger partial charge is 0.426 e. The molecule has 8 nitrogen and oxygen atoms in total. The highest BCUT2D eigenvalue weighted by Crippen LogP contribution is 2.28. The number of hydrogen-bond donors (Lipinski definition) is 3. The van der Waals surface area contributed by atoms with Gasteiger partial charge in [0.25, 0.3) is 6.02 Å². The highest BCUT2D eigenvalue weighted by molar-refractivity contribution is 6.30. The minimum Gasteiger partial charge on any atom is -0.426 e. The number of nitrogens with one attached hydrogen (secondary N) is 2. The van der Waals surface area contributed by atoms with Crippen molar-refractivity contribution in [2.75, 3.05) is 20.2 Å². The summed E-state index contributed by atoms with van der Waals surface area (Å²) in [5, 5.41) is 15.3. The van der Waals surface area contributed by atoms with Crippen LogP contribution in [-0.2, 0) is 11.3 Å². The summed E-state index contributed by atoms with van der Waals surface area (Å²) in [7, 11) is 1.63.